The van der Waals surface area contributed by atoms with E-state index in [0.717, 1.165) is 11.2 Å². The van der Waals surface area contributed by atoms with Crippen molar-refractivity contribution in [3.8, 4) is 16.8 Å². The van der Waals surface area contributed by atoms with Crippen LogP contribution in [-0.2, 0) is 0 Å². The van der Waals surface area contributed by atoms with Gasteiger partial charge in [-0.1, -0.05) is 103 Å². The molecule has 2 aromatic heterocycles. The second-order valence-electron chi connectivity index (χ2n) is 10.7. The molecule has 0 radical (unpaired) electrons. The second kappa shape index (κ2) is 8.08. The van der Waals surface area contributed by atoms with E-state index in [2.05, 4.69) is 149 Å². The first-order valence-corrected chi connectivity index (χ1v) is 13.8. The number of para-hydroxylation sites is 1. The van der Waals surface area contributed by atoms with Gasteiger partial charge in [0.15, 0.2) is 0 Å². The fourth-order valence-corrected chi connectivity index (χ4v) is 6.70. The van der Waals surface area contributed by atoms with E-state index in [1.807, 2.05) is 0 Å². The summed E-state index contributed by atoms with van der Waals surface area (Å²) in [4.78, 5) is 3.67. The van der Waals surface area contributed by atoms with E-state index in [4.69, 9.17) is 0 Å². The van der Waals surface area contributed by atoms with Gasteiger partial charge in [0.05, 0.1) is 11.0 Å². The summed E-state index contributed by atoms with van der Waals surface area (Å²) in [7, 11) is 0. The number of nitrogens with zero attached hydrogens (tertiary/aromatic N) is 1. The van der Waals surface area contributed by atoms with E-state index in [-0.39, 0.29) is 0 Å². The summed E-state index contributed by atoms with van der Waals surface area (Å²) in [5.41, 5.74) is 8.40. The van der Waals surface area contributed by atoms with Crippen LogP contribution in [0.25, 0.3) is 82.0 Å². The Morgan fingerprint density at radius 1 is 0.425 bits per heavy atom. The summed E-state index contributed by atoms with van der Waals surface area (Å²) in [6.07, 6.45) is 0. The molecule has 9 aromatic rings. The molecule has 0 unspecified atom stereocenters. The topological polar surface area (TPSA) is 20.7 Å². The van der Waals surface area contributed by atoms with Crippen molar-refractivity contribution in [1.82, 2.24) is 9.55 Å². The molecule has 9 rings (SSSR count). The Labute approximate surface area is 230 Å². The van der Waals surface area contributed by atoms with Crippen LogP contribution < -0.4 is 0 Å². The van der Waals surface area contributed by atoms with Crippen LogP contribution in [0.3, 0.4) is 0 Å². The monoisotopic (exact) mass is 508 g/mol. The van der Waals surface area contributed by atoms with E-state index in [1.165, 1.54) is 70.8 Å². The van der Waals surface area contributed by atoms with Crippen molar-refractivity contribution in [2.24, 2.45) is 0 Å². The van der Waals surface area contributed by atoms with Gasteiger partial charge in [-0.05, 0) is 69.1 Å². The van der Waals surface area contributed by atoms with Crippen LogP contribution in [0.5, 0.6) is 0 Å². The summed E-state index contributed by atoms with van der Waals surface area (Å²) >= 11 is 0. The number of rotatable bonds is 2. The van der Waals surface area contributed by atoms with Crippen molar-refractivity contribution < 1.29 is 0 Å². The van der Waals surface area contributed by atoms with E-state index >= 15 is 0 Å². The standard InChI is InChI=1S/C38H24N2/c1-3-14-28-24(9-1)11-8-17-29(28)26-12-7-13-27(21-26)40-36-20-19-25-10-2-4-15-30(25)38(36)33-22-32-31-16-5-6-18-34(31)39-35(32)23-37(33)40/h1-23,39H. The van der Waals surface area contributed by atoms with Crippen LogP contribution in [0.1, 0.15) is 0 Å². The van der Waals surface area contributed by atoms with Crippen molar-refractivity contribution >= 4 is 65.2 Å². The zero-order valence-corrected chi connectivity index (χ0v) is 21.7. The lowest BCUT2D eigenvalue weighted by Crippen LogP contribution is -1.94. The average molecular weight is 509 g/mol. The van der Waals surface area contributed by atoms with E-state index in [1.54, 1.807) is 0 Å². The molecule has 0 saturated carbocycles. The fraction of sp³-hybridized carbons (Fsp3) is 0. The highest BCUT2D eigenvalue weighted by atomic mass is 15.0. The van der Waals surface area contributed by atoms with E-state index < -0.39 is 0 Å². The number of H-pyrrole nitrogens is 1. The van der Waals surface area contributed by atoms with Crippen LogP contribution in [-0.4, -0.2) is 9.55 Å². The molecule has 0 spiro atoms. The van der Waals surface area contributed by atoms with Gasteiger partial charge in [0.2, 0.25) is 0 Å². The van der Waals surface area contributed by atoms with Crippen molar-refractivity contribution in [3.05, 3.63) is 140 Å². The molecule has 2 heterocycles. The lowest BCUT2D eigenvalue weighted by atomic mass is 9.98. The second-order valence-corrected chi connectivity index (χ2v) is 10.7. The number of hydrogen-bond acceptors (Lipinski definition) is 0. The zero-order chi connectivity index (χ0) is 26.2. The molecule has 0 bridgehead atoms. The van der Waals surface area contributed by atoms with Crippen LogP contribution >= 0.6 is 0 Å². The number of benzene rings is 7. The Morgan fingerprint density at radius 3 is 2.05 bits per heavy atom. The first kappa shape index (κ1) is 21.6. The Bertz CT molecular complexity index is 2430. The lowest BCUT2D eigenvalue weighted by molar-refractivity contribution is 1.18. The molecule has 0 aliphatic carbocycles. The molecule has 7 aromatic carbocycles. The summed E-state index contributed by atoms with van der Waals surface area (Å²) in [5.74, 6) is 0. The summed E-state index contributed by atoms with van der Waals surface area (Å²) in [5, 5.41) is 10.2. The van der Waals surface area contributed by atoms with Crippen molar-refractivity contribution in [2.45, 2.75) is 0 Å². The molecule has 40 heavy (non-hydrogen) atoms. The van der Waals surface area contributed by atoms with Crippen LogP contribution in [0.4, 0.5) is 0 Å². The van der Waals surface area contributed by atoms with Gasteiger partial charge in [0.1, 0.15) is 0 Å². The Hall–Kier alpha value is -5.34. The predicted molar refractivity (Wildman–Crippen MR) is 171 cm³/mol. The first-order chi connectivity index (χ1) is 19.8. The summed E-state index contributed by atoms with van der Waals surface area (Å²) in [6, 6.07) is 50.8. The third-order valence-electron chi connectivity index (χ3n) is 8.49. The van der Waals surface area contributed by atoms with Crippen molar-refractivity contribution in [1.29, 1.82) is 0 Å². The van der Waals surface area contributed by atoms with Gasteiger partial charge in [-0.3, -0.25) is 0 Å². The van der Waals surface area contributed by atoms with Gasteiger partial charge in [-0.25, -0.2) is 0 Å². The minimum absolute atomic E-state index is 1.16. The molecule has 0 aliphatic rings. The molecule has 186 valence electrons. The molecule has 0 atom stereocenters. The van der Waals surface area contributed by atoms with Crippen LogP contribution in [0, 0.1) is 0 Å². The van der Waals surface area contributed by atoms with Gasteiger partial charge < -0.3 is 9.55 Å². The Balaban J connectivity index is 1.40. The van der Waals surface area contributed by atoms with Gasteiger partial charge in [-0.15, -0.1) is 0 Å². The number of fused-ring (bicyclic) bond motifs is 9. The first-order valence-electron chi connectivity index (χ1n) is 13.8. The fourth-order valence-electron chi connectivity index (χ4n) is 6.70. The SMILES string of the molecule is c1cc(-c2cccc3ccccc23)cc(-n2c3cc4[nH]c5ccccc5c4cc3c3c4ccccc4ccc32)c1. The Morgan fingerprint density at radius 2 is 1.15 bits per heavy atom. The third kappa shape index (κ3) is 2.99. The smallest absolute Gasteiger partial charge is 0.0562 e. The number of aromatic amines is 1. The van der Waals surface area contributed by atoms with Gasteiger partial charge >= 0.3 is 0 Å². The highest BCUT2D eigenvalue weighted by molar-refractivity contribution is 6.25. The van der Waals surface area contributed by atoms with Crippen molar-refractivity contribution in [2.75, 3.05) is 0 Å². The quantitative estimate of drug-likeness (QED) is 0.240. The van der Waals surface area contributed by atoms with Gasteiger partial charge in [0.25, 0.3) is 0 Å². The number of nitrogens with one attached hydrogen (secondary N) is 1. The molecule has 1 N–H and O–H groups in total. The van der Waals surface area contributed by atoms with Gasteiger partial charge in [0, 0.05) is 38.3 Å². The number of hydrogen-bond donors (Lipinski definition) is 1. The van der Waals surface area contributed by atoms with Crippen molar-refractivity contribution in [3.63, 3.8) is 0 Å². The normalized spacial score (nSPS) is 12.0. The average Bonchev–Trinajstić information content (AvgIpc) is 3.54. The zero-order valence-electron chi connectivity index (χ0n) is 21.7. The summed E-state index contributed by atoms with van der Waals surface area (Å²) < 4.78 is 2.44. The maximum atomic E-state index is 3.67. The van der Waals surface area contributed by atoms with E-state index in [9.17, 15) is 0 Å². The molecule has 0 saturated heterocycles. The van der Waals surface area contributed by atoms with E-state index in [0.29, 0.717) is 0 Å². The lowest BCUT2D eigenvalue weighted by Gasteiger charge is -2.12. The highest BCUT2D eigenvalue weighted by Crippen LogP contribution is 2.41. The highest BCUT2D eigenvalue weighted by Gasteiger charge is 2.18. The molecule has 2 heteroatoms. The Kier molecular flexibility index (Phi) is 4.36. The maximum Gasteiger partial charge on any atom is 0.0562 e. The molecule has 0 amide bonds. The largest absolute Gasteiger partial charge is 0.354 e. The third-order valence-corrected chi connectivity index (χ3v) is 8.49. The maximum absolute atomic E-state index is 3.67. The molecular formula is C38H24N2. The summed E-state index contributed by atoms with van der Waals surface area (Å²) in [6.45, 7) is 0. The van der Waals surface area contributed by atoms with Crippen LogP contribution in [0.15, 0.2) is 140 Å². The molecule has 0 aliphatic heterocycles. The molecule has 0 fully saturated rings. The van der Waals surface area contributed by atoms with Crippen LogP contribution in [0.2, 0.25) is 0 Å². The molecular weight excluding hydrogens is 484 g/mol. The minimum Gasteiger partial charge on any atom is -0.354 e. The minimum atomic E-state index is 1.16. The predicted octanol–water partition coefficient (Wildman–Crippen LogP) is 10.4. The number of aromatic nitrogens is 2. The molecule has 2 nitrogen and oxygen atoms in total. The van der Waals surface area contributed by atoms with Gasteiger partial charge in [-0.2, -0.15) is 0 Å².